The van der Waals surface area contributed by atoms with Crippen molar-refractivity contribution in [3.8, 4) is 6.07 Å². The minimum Gasteiger partial charge on any atom is -0.298 e. The molecule has 0 aromatic heterocycles. The molecule has 0 radical (unpaired) electrons. The lowest BCUT2D eigenvalue weighted by atomic mass is 9.84. The highest BCUT2D eigenvalue weighted by atomic mass is 19.1. The Labute approximate surface area is 119 Å². The maximum absolute atomic E-state index is 12.9. The van der Waals surface area contributed by atoms with Crippen LogP contribution in [0.5, 0.6) is 0 Å². The fourth-order valence-corrected chi connectivity index (χ4v) is 2.95. The fraction of sp³-hybridized carbons (Fsp3) is 0.529. The average molecular weight is 273 g/mol. The van der Waals surface area contributed by atoms with E-state index in [0.717, 1.165) is 6.42 Å². The molecule has 0 saturated heterocycles. The Hall–Kier alpha value is -1.69. The lowest BCUT2D eigenvalue weighted by Gasteiger charge is -2.21. The van der Waals surface area contributed by atoms with Gasteiger partial charge in [-0.1, -0.05) is 44.2 Å². The average Bonchev–Trinajstić information content (AvgIpc) is 2.49. The van der Waals surface area contributed by atoms with Crippen LogP contribution in [0.15, 0.2) is 24.3 Å². The van der Waals surface area contributed by atoms with Crippen molar-refractivity contribution >= 4 is 5.78 Å². The van der Waals surface area contributed by atoms with Crippen LogP contribution >= 0.6 is 0 Å². The third kappa shape index (κ3) is 3.90. The summed E-state index contributed by atoms with van der Waals surface area (Å²) in [4.78, 5) is 12.2. The smallest absolute Gasteiger partial charge is 0.154 e. The van der Waals surface area contributed by atoms with Crippen LogP contribution in [0.3, 0.4) is 0 Å². The van der Waals surface area contributed by atoms with E-state index in [1.165, 1.54) is 56.4 Å². The van der Waals surface area contributed by atoms with Gasteiger partial charge in [-0.25, -0.2) is 4.39 Å². The van der Waals surface area contributed by atoms with Crippen molar-refractivity contribution in [1.82, 2.24) is 0 Å². The molecule has 1 aliphatic carbocycles. The molecule has 20 heavy (non-hydrogen) atoms. The minimum absolute atomic E-state index is 0.0373. The number of ketones is 1. The Morgan fingerprint density at radius 2 is 1.90 bits per heavy atom. The van der Waals surface area contributed by atoms with Crippen molar-refractivity contribution in [3.05, 3.63) is 35.6 Å². The van der Waals surface area contributed by atoms with Gasteiger partial charge < -0.3 is 0 Å². The molecule has 1 aromatic carbocycles. The van der Waals surface area contributed by atoms with Gasteiger partial charge in [-0.15, -0.1) is 0 Å². The second-order valence-electron chi connectivity index (χ2n) is 5.62. The Balaban J connectivity index is 1.92. The summed E-state index contributed by atoms with van der Waals surface area (Å²) in [6.07, 6.45) is 7.60. The number of nitriles is 1. The highest BCUT2D eigenvalue weighted by Gasteiger charge is 2.22. The molecule has 106 valence electrons. The molecule has 1 fully saturated rings. The molecule has 1 atom stereocenters. The highest BCUT2D eigenvalue weighted by Crippen LogP contribution is 2.28. The van der Waals surface area contributed by atoms with Crippen LogP contribution in [-0.4, -0.2) is 5.78 Å². The lowest BCUT2D eigenvalue weighted by Crippen LogP contribution is -2.14. The maximum Gasteiger partial charge on any atom is 0.154 e. The third-order valence-corrected chi connectivity index (χ3v) is 4.18. The number of rotatable bonds is 5. The summed E-state index contributed by atoms with van der Waals surface area (Å²) in [6, 6.07) is 7.71. The summed E-state index contributed by atoms with van der Waals surface area (Å²) >= 11 is 0. The van der Waals surface area contributed by atoms with E-state index in [0.29, 0.717) is 17.9 Å². The second-order valence-corrected chi connectivity index (χ2v) is 5.62. The zero-order chi connectivity index (χ0) is 14.4. The number of Topliss-reactive ketones (excluding diaryl/α,β-unsaturated/α-hetero) is 1. The van der Waals surface area contributed by atoms with Crippen molar-refractivity contribution < 1.29 is 9.18 Å². The SMILES string of the molecule is N#CC(C(=O)CCC1CCCCC1)c1ccc(F)cc1. The van der Waals surface area contributed by atoms with E-state index in [1.807, 2.05) is 0 Å². The molecular formula is C17H20FNO. The van der Waals surface area contributed by atoms with Gasteiger partial charge >= 0.3 is 0 Å². The molecule has 0 bridgehead atoms. The molecule has 0 heterocycles. The van der Waals surface area contributed by atoms with Crippen molar-refractivity contribution in [3.63, 3.8) is 0 Å². The Morgan fingerprint density at radius 3 is 2.50 bits per heavy atom. The van der Waals surface area contributed by atoms with E-state index in [9.17, 15) is 14.4 Å². The number of halogens is 1. The first-order chi connectivity index (χ1) is 9.70. The van der Waals surface area contributed by atoms with Crippen molar-refractivity contribution in [2.75, 3.05) is 0 Å². The molecule has 2 rings (SSSR count). The van der Waals surface area contributed by atoms with Crippen LogP contribution in [-0.2, 0) is 4.79 Å². The highest BCUT2D eigenvalue weighted by molar-refractivity contribution is 5.88. The number of carbonyl (C=O) groups is 1. The predicted octanol–water partition coefficient (Wildman–Crippen LogP) is 4.36. The first-order valence-electron chi connectivity index (χ1n) is 7.38. The van der Waals surface area contributed by atoms with Crippen molar-refractivity contribution in [2.45, 2.75) is 50.9 Å². The van der Waals surface area contributed by atoms with Gasteiger partial charge in [0.15, 0.2) is 5.78 Å². The molecule has 0 spiro atoms. The first kappa shape index (κ1) is 14.7. The largest absolute Gasteiger partial charge is 0.298 e. The van der Waals surface area contributed by atoms with Crippen LogP contribution in [0, 0.1) is 23.1 Å². The summed E-state index contributed by atoms with van der Waals surface area (Å²) in [5.41, 5.74) is 0.600. The molecule has 1 unspecified atom stereocenters. The number of nitrogens with zero attached hydrogens (tertiary/aromatic N) is 1. The van der Waals surface area contributed by atoms with Gasteiger partial charge in [0, 0.05) is 6.42 Å². The van der Waals surface area contributed by atoms with Gasteiger partial charge in [-0.05, 0) is 30.0 Å². The van der Waals surface area contributed by atoms with Gasteiger partial charge in [0.1, 0.15) is 11.7 Å². The number of hydrogen-bond acceptors (Lipinski definition) is 2. The van der Waals surface area contributed by atoms with Crippen LogP contribution in [0.25, 0.3) is 0 Å². The van der Waals surface area contributed by atoms with Gasteiger partial charge in [0.25, 0.3) is 0 Å². The van der Waals surface area contributed by atoms with Crippen molar-refractivity contribution in [1.29, 1.82) is 5.26 Å². The van der Waals surface area contributed by atoms with Crippen LogP contribution in [0.2, 0.25) is 0 Å². The molecule has 2 nitrogen and oxygen atoms in total. The van der Waals surface area contributed by atoms with Gasteiger partial charge in [-0.2, -0.15) is 5.26 Å². The summed E-state index contributed by atoms with van der Waals surface area (Å²) in [5, 5.41) is 9.19. The first-order valence-corrected chi connectivity index (χ1v) is 7.38. The molecule has 0 aliphatic heterocycles. The van der Waals surface area contributed by atoms with Crippen molar-refractivity contribution in [2.24, 2.45) is 5.92 Å². The molecule has 3 heteroatoms. The van der Waals surface area contributed by atoms with E-state index in [1.54, 1.807) is 0 Å². The molecule has 1 aliphatic rings. The minimum atomic E-state index is -0.751. The van der Waals surface area contributed by atoms with E-state index in [-0.39, 0.29) is 11.6 Å². The van der Waals surface area contributed by atoms with Gasteiger partial charge in [0.05, 0.1) is 6.07 Å². The Kier molecular flexibility index (Phi) is 5.29. The number of carbonyl (C=O) groups excluding carboxylic acids is 1. The lowest BCUT2D eigenvalue weighted by molar-refractivity contribution is -0.119. The molecular weight excluding hydrogens is 253 g/mol. The van der Waals surface area contributed by atoms with Crippen LogP contribution in [0.4, 0.5) is 4.39 Å². The molecule has 0 amide bonds. The summed E-state index contributed by atoms with van der Waals surface area (Å²) in [6.45, 7) is 0. The maximum atomic E-state index is 12.9. The normalized spacial score (nSPS) is 17.4. The monoisotopic (exact) mass is 273 g/mol. The molecule has 0 N–H and O–H groups in total. The quantitative estimate of drug-likeness (QED) is 0.799. The standard InChI is InChI=1S/C17H20FNO/c18-15-9-7-14(8-10-15)16(12-19)17(20)11-6-13-4-2-1-3-5-13/h7-10,13,16H,1-6,11H2. The van der Waals surface area contributed by atoms with Gasteiger partial charge in [0.2, 0.25) is 0 Å². The topological polar surface area (TPSA) is 40.9 Å². The third-order valence-electron chi connectivity index (χ3n) is 4.18. The fourth-order valence-electron chi connectivity index (χ4n) is 2.95. The Morgan fingerprint density at radius 1 is 1.25 bits per heavy atom. The number of benzene rings is 1. The number of hydrogen-bond donors (Lipinski definition) is 0. The van der Waals surface area contributed by atoms with Gasteiger partial charge in [-0.3, -0.25) is 4.79 Å². The Bertz CT molecular complexity index is 483. The summed E-state index contributed by atoms with van der Waals surface area (Å²) < 4.78 is 12.9. The van der Waals surface area contributed by atoms with E-state index < -0.39 is 5.92 Å². The van der Waals surface area contributed by atoms with Crippen LogP contribution < -0.4 is 0 Å². The van der Waals surface area contributed by atoms with Crippen LogP contribution in [0.1, 0.15) is 56.4 Å². The second kappa shape index (κ2) is 7.19. The summed E-state index contributed by atoms with van der Waals surface area (Å²) in [7, 11) is 0. The van der Waals surface area contributed by atoms with E-state index >= 15 is 0 Å². The molecule has 1 aromatic rings. The zero-order valence-corrected chi connectivity index (χ0v) is 11.6. The predicted molar refractivity (Wildman–Crippen MR) is 75.6 cm³/mol. The van der Waals surface area contributed by atoms with E-state index in [4.69, 9.17) is 0 Å². The zero-order valence-electron chi connectivity index (χ0n) is 11.6. The molecule has 1 saturated carbocycles. The van der Waals surface area contributed by atoms with E-state index in [2.05, 4.69) is 6.07 Å². The summed E-state index contributed by atoms with van der Waals surface area (Å²) in [5.74, 6) is -0.496.